The van der Waals surface area contributed by atoms with Gasteiger partial charge < -0.3 is 4.74 Å². The molecule has 1 fully saturated rings. The molecule has 0 amide bonds. The van der Waals surface area contributed by atoms with E-state index in [9.17, 15) is 0 Å². The standard InChI is InChI=1S/C11H11Br2N3O/c12-7-4-5-14-11-9(7)10(13)15-16(11)8-3-1-2-6-17-8/h4-5,8H,1-3,6H2. The number of halogens is 2. The van der Waals surface area contributed by atoms with Crippen molar-refractivity contribution in [1.82, 2.24) is 14.8 Å². The summed E-state index contributed by atoms with van der Waals surface area (Å²) in [6.45, 7) is 0.803. The van der Waals surface area contributed by atoms with E-state index in [1.165, 1.54) is 6.42 Å². The SMILES string of the molecule is Brc1ccnc2c1c(Br)nn2C1CCCCO1. The summed E-state index contributed by atoms with van der Waals surface area (Å²) in [5, 5.41) is 5.49. The number of ether oxygens (including phenoxy) is 1. The molecule has 3 heterocycles. The fourth-order valence-electron chi connectivity index (χ4n) is 2.10. The van der Waals surface area contributed by atoms with E-state index >= 15 is 0 Å². The predicted molar refractivity (Wildman–Crippen MR) is 71.8 cm³/mol. The van der Waals surface area contributed by atoms with Crippen molar-refractivity contribution >= 4 is 42.9 Å². The number of fused-ring (bicyclic) bond motifs is 1. The average Bonchev–Trinajstić information content (AvgIpc) is 2.69. The van der Waals surface area contributed by atoms with Crippen LogP contribution in [0.1, 0.15) is 25.5 Å². The second kappa shape index (κ2) is 4.66. The molecule has 3 rings (SSSR count). The molecule has 0 aromatic carbocycles. The number of hydrogen-bond acceptors (Lipinski definition) is 3. The Bertz CT molecular complexity index is 549. The highest BCUT2D eigenvalue weighted by molar-refractivity contribution is 9.11. The van der Waals surface area contributed by atoms with Gasteiger partial charge in [-0.15, -0.1) is 0 Å². The van der Waals surface area contributed by atoms with Crippen LogP contribution < -0.4 is 0 Å². The summed E-state index contributed by atoms with van der Waals surface area (Å²) < 4.78 is 9.43. The van der Waals surface area contributed by atoms with Gasteiger partial charge in [0.15, 0.2) is 11.9 Å². The number of aromatic nitrogens is 3. The van der Waals surface area contributed by atoms with Crippen LogP contribution in [0, 0.1) is 0 Å². The molecular weight excluding hydrogens is 350 g/mol. The van der Waals surface area contributed by atoms with E-state index in [1.54, 1.807) is 6.20 Å². The monoisotopic (exact) mass is 359 g/mol. The average molecular weight is 361 g/mol. The molecule has 4 nitrogen and oxygen atoms in total. The van der Waals surface area contributed by atoms with E-state index in [-0.39, 0.29) is 6.23 Å². The van der Waals surface area contributed by atoms with Crippen LogP contribution in [0.25, 0.3) is 11.0 Å². The number of pyridine rings is 1. The minimum Gasteiger partial charge on any atom is -0.356 e. The van der Waals surface area contributed by atoms with Crippen molar-refractivity contribution in [2.75, 3.05) is 6.61 Å². The highest BCUT2D eigenvalue weighted by atomic mass is 79.9. The van der Waals surface area contributed by atoms with E-state index in [2.05, 4.69) is 41.9 Å². The first-order chi connectivity index (χ1) is 8.27. The largest absolute Gasteiger partial charge is 0.356 e. The summed E-state index contributed by atoms with van der Waals surface area (Å²) in [4.78, 5) is 4.40. The van der Waals surface area contributed by atoms with Crippen molar-refractivity contribution in [3.05, 3.63) is 21.3 Å². The van der Waals surface area contributed by atoms with Gasteiger partial charge in [-0.05, 0) is 57.2 Å². The maximum absolute atomic E-state index is 5.75. The van der Waals surface area contributed by atoms with Gasteiger partial charge in [-0.3, -0.25) is 0 Å². The lowest BCUT2D eigenvalue weighted by Gasteiger charge is -2.22. The van der Waals surface area contributed by atoms with Gasteiger partial charge in [0.05, 0.1) is 5.39 Å². The molecule has 2 aromatic rings. The molecule has 17 heavy (non-hydrogen) atoms. The number of rotatable bonds is 1. The zero-order valence-electron chi connectivity index (χ0n) is 9.07. The van der Waals surface area contributed by atoms with E-state index in [4.69, 9.17) is 4.74 Å². The molecule has 0 radical (unpaired) electrons. The van der Waals surface area contributed by atoms with Crippen molar-refractivity contribution in [3.63, 3.8) is 0 Å². The Morgan fingerprint density at radius 2 is 2.24 bits per heavy atom. The zero-order chi connectivity index (χ0) is 11.8. The Morgan fingerprint density at radius 3 is 3.00 bits per heavy atom. The Kier molecular flexibility index (Phi) is 3.19. The highest BCUT2D eigenvalue weighted by Gasteiger charge is 2.21. The molecule has 6 heteroatoms. The first-order valence-corrected chi connectivity index (χ1v) is 7.16. The van der Waals surface area contributed by atoms with Crippen molar-refractivity contribution in [2.45, 2.75) is 25.5 Å². The Labute approximate surface area is 116 Å². The van der Waals surface area contributed by atoms with Crippen molar-refractivity contribution in [3.8, 4) is 0 Å². The lowest BCUT2D eigenvalue weighted by molar-refractivity contribution is -0.0371. The highest BCUT2D eigenvalue weighted by Crippen LogP contribution is 2.32. The van der Waals surface area contributed by atoms with Crippen LogP contribution >= 0.6 is 31.9 Å². The Balaban J connectivity index is 2.13. The Hall–Kier alpha value is -0.460. The molecule has 0 bridgehead atoms. The predicted octanol–water partition coefficient (Wildman–Crippen LogP) is 3.66. The molecule has 0 spiro atoms. The van der Waals surface area contributed by atoms with E-state index in [0.29, 0.717) is 0 Å². The molecule has 0 aliphatic carbocycles. The van der Waals surface area contributed by atoms with Gasteiger partial charge >= 0.3 is 0 Å². The third-order valence-electron chi connectivity index (χ3n) is 2.93. The summed E-state index contributed by atoms with van der Waals surface area (Å²) in [7, 11) is 0. The van der Waals surface area contributed by atoms with Crippen LogP contribution in [-0.2, 0) is 4.74 Å². The third kappa shape index (κ3) is 2.02. The van der Waals surface area contributed by atoms with Gasteiger partial charge in [-0.2, -0.15) is 5.10 Å². The molecule has 0 N–H and O–H groups in total. The fourth-order valence-corrected chi connectivity index (χ4v) is 3.41. The number of hydrogen-bond donors (Lipinski definition) is 0. The van der Waals surface area contributed by atoms with Crippen LogP contribution in [0.5, 0.6) is 0 Å². The van der Waals surface area contributed by atoms with Gasteiger partial charge in [0, 0.05) is 17.3 Å². The molecule has 90 valence electrons. The third-order valence-corrected chi connectivity index (χ3v) is 4.14. The van der Waals surface area contributed by atoms with Crippen LogP contribution in [0.3, 0.4) is 0 Å². The van der Waals surface area contributed by atoms with Crippen LogP contribution in [-0.4, -0.2) is 21.4 Å². The Morgan fingerprint density at radius 1 is 1.35 bits per heavy atom. The van der Waals surface area contributed by atoms with E-state index in [1.807, 2.05) is 10.7 Å². The first kappa shape index (κ1) is 11.6. The van der Waals surface area contributed by atoms with Crippen molar-refractivity contribution in [1.29, 1.82) is 0 Å². The van der Waals surface area contributed by atoms with Crippen LogP contribution in [0.4, 0.5) is 0 Å². The topological polar surface area (TPSA) is 39.9 Å². The first-order valence-electron chi connectivity index (χ1n) is 5.57. The van der Waals surface area contributed by atoms with Gasteiger partial charge in [0.25, 0.3) is 0 Å². The smallest absolute Gasteiger partial charge is 0.162 e. The van der Waals surface area contributed by atoms with E-state index in [0.717, 1.165) is 39.6 Å². The van der Waals surface area contributed by atoms with Crippen molar-refractivity contribution < 1.29 is 4.74 Å². The van der Waals surface area contributed by atoms with Gasteiger partial charge in [0.2, 0.25) is 0 Å². The molecule has 1 atom stereocenters. The summed E-state index contributed by atoms with van der Waals surface area (Å²) in [6, 6.07) is 1.92. The minimum absolute atomic E-state index is 0.0133. The molecule has 1 aliphatic rings. The molecular formula is C11H11Br2N3O. The summed E-state index contributed by atoms with van der Waals surface area (Å²) in [6.07, 6.45) is 5.10. The molecule has 2 aromatic heterocycles. The van der Waals surface area contributed by atoms with Gasteiger partial charge in [0.1, 0.15) is 4.60 Å². The molecule has 1 unspecified atom stereocenters. The van der Waals surface area contributed by atoms with Gasteiger partial charge in [-0.1, -0.05) is 0 Å². The molecule has 1 aliphatic heterocycles. The second-order valence-electron chi connectivity index (χ2n) is 4.05. The normalized spacial score (nSPS) is 20.9. The van der Waals surface area contributed by atoms with Crippen LogP contribution in [0.15, 0.2) is 21.3 Å². The van der Waals surface area contributed by atoms with Gasteiger partial charge in [-0.25, -0.2) is 9.67 Å². The zero-order valence-corrected chi connectivity index (χ0v) is 12.2. The fraction of sp³-hybridized carbons (Fsp3) is 0.455. The number of nitrogens with zero attached hydrogens (tertiary/aromatic N) is 3. The van der Waals surface area contributed by atoms with Crippen molar-refractivity contribution in [2.24, 2.45) is 0 Å². The summed E-state index contributed by atoms with van der Waals surface area (Å²) in [5.74, 6) is 0. The molecule has 1 saturated heterocycles. The minimum atomic E-state index is 0.0133. The lowest BCUT2D eigenvalue weighted by Crippen LogP contribution is -2.19. The maximum Gasteiger partial charge on any atom is 0.162 e. The second-order valence-corrected chi connectivity index (χ2v) is 5.65. The van der Waals surface area contributed by atoms with E-state index < -0.39 is 0 Å². The maximum atomic E-state index is 5.75. The van der Waals surface area contributed by atoms with Crippen LogP contribution in [0.2, 0.25) is 0 Å². The molecule has 0 saturated carbocycles. The quantitative estimate of drug-likeness (QED) is 0.779. The lowest BCUT2D eigenvalue weighted by atomic mass is 10.2. The summed E-state index contributed by atoms with van der Waals surface area (Å²) >= 11 is 7.00. The summed E-state index contributed by atoms with van der Waals surface area (Å²) in [5.41, 5.74) is 0.859.